The molecule has 3 heteroatoms. The van der Waals surface area contributed by atoms with Gasteiger partial charge in [-0.15, -0.1) is 0 Å². The van der Waals surface area contributed by atoms with E-state index >= 15 is 0 Å². The Hall–Kier alpha value is -1.06. The number of ether oxygens (including phenoxy) is 1. The fraction of sp³-hybridized carbons (Fsp3) is 0.400. The van der Waals surface area contributed by atoms with E-state index < -0.39 is 6.10 Å². The first-order valence-corrected chi connectivity index (χ1v) is 4.33. The zero-order valence-electron chi connectivity index (χ0n) is 7.18. The maximum absolute atomic E-state index is 9.53. The topological polar surface area (TPSA) is 49.7 Å². The van der Waals surface area contributed by atoms with E-state index in [9.17, 15) is 10.2 Å². The van der Waals surface area contributed by atoms with Crippen LogP contribution in [0.1, 0.15) is 11.5 Å². The summed E-state index contributed by atoms with van der Waals surface area (Å²) in [4.78, 5) is 0. The quantitative estimate of drug-likeness (QED) is 0.674. The third-order valence-corrected chi connectivity index (χ3v) is 2.39. The van der Waals surface area contributed by atoms with Gasteiger partial charge >= 0.3 is 0 Å². The maximum atomic E-state index is 9.53. The summed E-state index contributed by atoms with van der Waals surface area (Å²) in [5.74, 6) is 0.151. The molecule has 1 aliphatic rings. The highest BCUT2D eigenvalue weighted by atomic mass is 16.5. The van der Waals surface area contributed by atoms with Crippen LogP contribution in [0, 0.1) is 0 Å². The van der Waals surface area contributed by atoms with Gasteiger partial charge in [0.05, 0.1) is 19.3 Å². The zero-order valence-corrected chi connectivity index (χ0v) is 7.18. The smallest absolute Gasteiger partial charge is 0.119 e. The van der Waals surface area contributed by atoms with Crippen LogP contribution in [0.25, 0.3) is 0 Å². The van der Waals surface area contributed by atoms with E-state index in [0.29, 0.717) is 13.2 Å². The molecule has 0 aliphatic carbocycles. The summed E-state index contributed by atoms with van der Waals surface area (Å²) in [6.07, 6.45) is -0.492. The van der Waals surface area contributed by atoms with Crippen molar-refractivity contribution in [3.05, 3.63) is 29.8 Å². The van der Waals surface area contributed by atoms with Crippen molar-refractivity contribution in [2.45, 2.75) is 12.0 Å². The van der Waals surface area contributed by atoms with Crippen molar-refractivity contribution in [1.82, 2.24) is 0 Å². The van der Waals surface area contributed by atoms with Crippen molar-refractivity contribution in [3.8, 4) is 5.75 Å². The van der Waals surface area contributed by atoms with E-state index in [-0.39, 0.29) is 11.7 Å². The van der Waals surface area contributed by atoms with E-state index in [4.69, 9.17) is 4.74 Å². The van der Waals surface area contributed by atoms with Crippen LogP contribution in [-0.2, 0) is 4.74 Å². The van der Waals surface area contributed by atoms with E-state index in [1.54, 1.807) is 12.1 Å². The average Bonchev–Trinajstić information content (AvgIpc) is 2.52. The second-order valence-electron chi connectivity index (χ2n) is 3.27. The van der Waals surface area contributed by atoms with Crippen molar-refractivity contribution in [3.63, 3.8) is 0 Å². The number of aliphatic hydroxyl groups excluding tert-OH is 1. The van der Waals surface area contributed by atoms with Crippen molar-refractivity contribution in [2.24, 2.45) is 0 Å². The van der Waals surface area contributed by atoms with Crippen molar-refractivity contribution < 1.29 is 14.9 Å². The van der Waals surface area contributed by atoms with Gasteiger partial charge in [-0.3, -0.25) is 0 Å². The molecule has 1 heterocycles. The molecule has 1 aliphatic heterocycles. The summed E-state index contributed by atoms with van der Waals surface area (Å²) >= 11 is 0. The first-order valence-electron chi connectivity index (χ1n) is 4.33. The number of hydrogen-bond acceptors (Lipinski definition) is 3. The highest BCUT2D eigenvalue weighted by molar-refractivity contribution is 5.36. The van der Waals surface area contributed by atoms with Crippen LogP contribution in [0.5, 0.6) is 5.75 Å². The molecular formula is C10H12O3. The van der Waals surface area contributed by atoms with Crippen molar-refractivity contribution in [2.75, 3.05) is 13.2 Å². The molecule has 2 rings (SSSR count). The van der Waals surface area contributed by atoms with Crippen molar-refractivity contribution in [1.29, 1.82) is 0 Å². The fourth-order valence-electron chi connectivity index (χ4n) is 1.64. The lowest BCUT2D eigenvalue weighted by Gasteiger charge is -2.13. The van der Waals surface area contributed by atoms with Gasteiger partial charge in [-0.2, -0.15) is 0 Å². The zero-order chi connectivity index (χ0) is 9.26. The molecule has 1 fully saturated rings. The number of para-hydroxylation sites is 1. The van der Waals surface area contributed by atoms with E-state index in [0.717, 1.165) is 5.56 Å². The lowest BCUT2D eigenvalue weighted by Crippen LogP contribution is -2.15. The first kappa shape index (κ1) is 8.53. The number of benzene rings is 1. The van der Waals surface area contributed by atoms with Gasteiger partial charge in [-0.25, -0.2) is 0 Å². The lowest BCUT2D eigenvalue weighted by molar-refractivity contribution is 0.124. The highest BCUT2D eigenvalue weighted by Crippen LogP contribution is 2.31. The Kier molecular flexibility index (Phi) is 2.20. The van der Waals surface area contributed by atoms with Crippen LogP contribution in [0.2, 0.25) is 0 Å². The second kappa shape index (κ2) is 3.36. The van der Waals surface area contributed by atoms with Crippen LogP contribution in [0.4, 0.5) is 0 Å². The lowest BCUT2D eigenvalue weighted by atomic mass is 9.95. The molecule has 0 amide bonds. The Morgan fingerprint density at radius 2 is 2.00 bits per heavy atom. The SMILES string of the molecule is Oc1ccccc1[C@@H]1COC[C@H]1O. The molecular weight excluding hydrogens is 168 g/mol. The number of phenols is 1. The van der Waals surface area contributed by atoms with Gasteiger partial charge in [-0.1, -0.05) is 18.2 Å². The third kappa shape index (κ3) is 1.53. The molecule has 1 aromatic carbocycles. The Balaban J connectivity index is 2.29. The summed E-state index contributed by atoms with van der Waals surface area (Å²) in [5, 5.41) is 19.1. The molecule has 1 aromatic rings. The minimum absolute atomic E-state index is 0.0822. The normalized spacial score (nSPS) is 27.8. The molecule has 2 N–H and O–H groups in total. The second-order valence-corrected chi connectivity index (χ2v) is 3.27. The Morgan fingerprint density at radius 1 is 1.23 bits per heavy atom. The van der Waals surface area contributed by atoms with Crippen LogP contribution in [0.3, 0.4) is 0 Å². The predicted molar refractivity (Wildman–Crippen MR) is 47.7 cm³/mol. The van der Waals surface area contributed by atoms with Crippen LogP contribution in [0.15, 0.2) is 24.3 Å². The minimum atomic E-state index is -0.492. The minimum Gasteiger partial charge on any atom is -0.508 e. The number of aromatic hydroxyl groups is 1. The largest absolute Gasteiger partial charge is 0.508 e. The van der Waals surface area contributed by atoms with E-state index in [2.05, 4.69) is 0 Å². The van der Waals surface area contributed by atoms with Crippen LogP contribution >= 0.6 is 0 Å². The summed E-state index contributed by atoms with van der Waals surface area (Å²) in [6, 6.07) is 7.05. The monoisotopic (exact) mass is 180 g/mol. The Morgan fingerprint density at radius 3 is 2.62 bits per heavy atom. The van der Waals surface area contributed by atoms with Gasteiger partial charge in [0.2, 0.25) is 0 Å². The van der Waals surface area contributed by atoms with E-state index in [1.807, 2.05) is 12.1 Å². The summed E-state index contributed by atoms with van der Waals surface area (Å²) in [5.41, 5.74) is 0.771. The van der Waals surface area contributed by atoms with E-state index in [1.165, 1.54) is 0 Å². The number of hydrogen-bond donors (Lipinski definition) is 2. The summed E-state index contributed by atoms with van der Waals surface area (Å²) in [7, 11) is 0. The molecule has 3 nitrogen and oxygen atoms in total. The van der Waals surface area contributed by atoms with Gasteiger partial charge in [0.25, 0.3) is 0 Å². The van der Waals surface area contributed by atoms with Crippen LogP contribution < -0.4 is 0 Å². The van der Waals surface area contributed by atoms with Crippen molar-refractivity contribution >= 4 is 0 Å². The van der Waals surface area contributed by atoms with Crippen LogP contribution in [-0.4, -0.2) is 29.5 Å². The first-order chi connectivity index (χ1) is 6.29. The maximum Gasteiger partial charge on any atom is 0.119 e. The van der Waals surface area contributed by atoms with Gasteiger partial charge in [0.15, 0.2) is 0 Å². The van der Waals surface area contributed by atoms with Gasteiger partial charge < -0.3 is 14.9 Å². The number of phenolic OH excluding ortho intramolecular Hbond substituents is 1. The molecule has 0 aromatic heterocycles. The van der Waals surface area contributed by atoms with Gasteiger partial charge in [0.1, 0.15) is 5.75 Å². The molecule has 0 radical (unpaired) electrons. The number of rotatable bonds is 1. The molecule has 1 saturated heterocycles. The summed E-state index contributed by atoms with van der Waals surface area (Å²) < 4.78 is 5.12. The number of aliphatic hydroxyl groups is 1. The molecule has 0 bridgehead atoms. The molecule has 2 atom stereocenters. The molecule has 70 valence electrons. The van der Waals surface area contributed by atoms with Gasteiger partial charge in [-0.05, 0) is 6.07 Å². The standard InChI is InChI=1S/C10H12O3/c11-9-4-2-1-3-7(9)8-5-13-6-10(8)12/h1-4,8,10-12H,5-6H2/t8-,10+/m0/s1. The highest BCUT2D eigenvalue weighted by Gasteiger charge is 2.29. The molecule has 0 unspecified atom stereocenters. The Labute approximate surface area is 76.6 Å². The molecule has 0 saturated carbocycles. The molecule has 13 heavy (non-hydrogen) atoms. The van der Waals surface area contributed by atoms with Gasteiger partial charge in [0, 0.05) is 11.5 Å². The third-order valence-electron chi connectivity index (χ3n) is 2.39. The molecule has 0 spiro atoms. The summed E-state index contributed by atoms with van der Waals surface area (Å²) in [6.45, 7) is 0.845. The average molecular weight is 180 g/mol. The predicted octanol–water partition coefficient (Wildman–Crippen LogP) is 0.867. The Bertz CT molecular complexity index is 298. The fourth-order valence-corrected chi connectivity index (χ4v) is 1.64.